The maximum absolute atomic E-state index is 12.7. The number of halogens is 2. The number of aryl methyl sites for hydroxylation is 2. The average molecular weight is 501 g/mol. The number of rotatable bonds is 6. The molecule has 0 radical (unpaired) electrons. The van der Waals surface area contributed by atoms with Gasteiger partial charge in [0.1, 0.15) is 18.2 Å². The third-order valence-corrected chi connectivity index (χ3v) is 6.10. The van der Waals surface area contributed by atoms with Crippen molar-refractivity contribution >= 4 is 51.6 Å². The molecule has 0 fully saturated rings. The van der Waals surface area contributed by atoms with E-state index >= 15 is 0 Å². The Morgan fingerprint density at radius 1 is 0.971 bits per heavy atom. The maximum Gasteiger partial charge on any atom is 0.266 e. The SMILES string of the molecule is Cc1ccc(C)c(NC(=O)/C(C#N)=C/c2cc(Cl)c(OCc3ccc4ccccc4c3)c(Cl)c2)c1. The number of nitriles is 1. The van der Waals surface area contributed by atoms with Gasteiger partial charge in [0, 0.05) is 5.69 Å². The van der Waals surface area contributed by atoms with Crippen LogP contribution in [0.5, 0.6) is 5.75 Å². The van der Waals surface area contributed by atoms with Gasteiger partial charge in [0.25, 0.3) is 5.91 Å². The normalized spacial score (nSPS) is 11.2. The minimum atomic E-state index is -0.509. The summed E-state index contributed by atoms with van der Waals surface area (Å²) in [6.45, 7) is 4.12. The third kappa shape index (κ3) is 5.84. The van der Waals surface area contributed by atoms with Crippen LogP contribution in [0.15, 0.2) is 78.4 Å². The van der Waals surface area contributed by atoms with E-state index in [-0.39, 0.29) is 15.6 Å². The Bertz CT molecular complexity index is 1480. The molecule has 0 spiro atoms. The first-order valence-corrected chi connectivity index (χ1v) is 11.7. The standard InChI is InChI=1S/C29H22Cl2N2O2/c1-18-7-8-19(2)27(11-18)33-29(34)24(16-32)13-21-14-25(30)28(26(31)15-21)35-17-20-9-10-22-5-3-4-6-23(22)12-20/h3-15H,17H2,1-2H3,(H,33,34)/b24-13+. The Morgan fingerprint density at radius 3 is 2.40 bits per heavy atom. The highest BCUT2D eigenvalue weighted by atomic mass is 35.5. The van der Waals surface area contributed by atoms with Crippen LogP contribution >= 0.6 is 23.2 Å². The number of hydrogen-bond acceptors (Lipinski definition) is 3. The molecular weight excluding hydrogens is 479 g/mol. The molecule has 6 heteroatoms. The molecule has 0 bridgehead atoms. The second kappa shape index (κ2) is 10.7. The summed E-state index contributed by atoms with van der Waals surface area (Å²) in [5.41, 5.74) is 4.00. The molecule has 4 rings (SSSR count). The molecule has 0 heterocycles. The molecule has 4 nitrogen and oxygen atoms in total. The van der Waals surface area contributed by atoms with Gasteiger partial charge in [0.2, 0.25) is 0 Å². The number of nitrogens with zero attached hydrogens (tertiary/aromatic N) is 1. The average Bonchev–Trinajstić information content (AvgIpc) is 2.84. The molecule has 0 saturated heterocycles. The van der Waals surface area contributed by atoms with E-state index in [1.165, 1.54) is 6.08 Å². The molecule has 0 unspecified atom stereocenters. The molecule has 0 aliphatic carbocycles. The van der Waals surface area contributed by atoms with Gasteiger partial charge in [-0.3, -0.25) is 4.79 Å². The van der Waals surface area contributed by atoms with Gasteiger partial charge in [-0.1, -0.05) is 71.7 Å². The fourth-order valence-corrected chi connectivity index (χ4v) is 4.27. The van der Waals surface area contributed by atoms with Crippen molar-refractivity contribution in [3.63, 3.8) is 0 Å². The number of carbonyl (C=O) groups is 1. The lowest BCUT2D eigenvalue weighted by Crippen LogP contribution is -2.14. The first-order valence-electron chi connectivity index (χ1n) is 10.9. The first-order chi connectivity index (χ1) is 16.8. The number of hydrogen-bond donors (Lipinski definition) is 1. The van der Waals surface area contributed by atoms with Gasteiger partial charge in [-0.15, -0.1) is 0 Å². The molecule has 4 aromatic rings. The zero-order valence-electron chi connectivity index (χ0n) is 19.2. The molecule has 0 atom stereocenters. The Kier molecular flexibility index (Phi) is 7.41. The fourth-order valence-electron chi connectivity index (χ4n) is 3.66. The van der Waals surface area contributed by atoms with Crippen molar-refractivity contribution in [1.29, 1.82) is 5.26 Å². The Morgan fingerprint density at radius 2 is 1.69 bits per heavy atom. The molecule has 0 aliphatic rings. The van der Waals surface area contributed by atoms with E-state index in [0.717, 1.165) is 27.5 Å². The van der Waals surface area contributed by atoms with Crippen molar-refractivity contribution in [3.05, 3.63) is 111 Å². The summed E-state index contributed by atoms with van der Waals surface area (Å²) in [6.07, 6.45) is 1.45. The van der Waals surface area contributed by atoms with E-state index in [9.17, 15) is 10.1 Å². The van der Waals surface area contributed by atoms with Gasteiger partial charge in [0.15, 0.2) is 5.75 Å². The molecule has 0 saturated carbocycles. The maximum atomic E-state index is 12.7. The second-order valence-corrected chi connectivity index (χ2v) is 9.04. The summed E-state index contributed by atoms with van der Waals surface area (Å²) in [6, 6.07) is 25.1. The van der Waals surface area contributed by atoms with E-state index < -0.39 is 5.91 Å². The summed E-state index contributed by atoms with van der Waals surface area (Å²) in [5.74, 6) is -0.165. The van der Waals surface area contributed by atoms with Gasteiger partial charge in [0.05, 0.1) is 10.0 Å². The predicted molar refractivity (Wildman–Crippen MR) is 143 cm³/mol. The van der Waals surface area contributed by atoms with Gasteiger partial charge in [-0.2, -0.15) is 5.26 Å². The molecule has 1 amide bonds. The monoisotopic (exact) mass is 500 g/mol. The zero-order chi connectivity index (χ0) is 24.9. The highest BCUT2D eigenvalue weighted by Crippen LogP contribution is 2.35. The van der Waals surface area contributed by atoms with Crippen molar-refractivity contribution in [3.8, 4) is 11.8 Å². The van der Waals surface area contributed by atoms with Crippen LogP contribution in [0.2, 0.25) is 10.0 Å². The van der Waals surface area contributed by atoms with Crippen LogP contribution in [0.1, 0.15) is 22.3 Å². The number of carbonyl (C=O) groups excluding carboxylic acids is 1. The number of anilines is 1. The molecule has 0 aromatic heterocycles. The largest absolute Gasteiger partial charge is 0.486 e. The predicted octanol–water partition coefficient (Wildman–Crippen LogP) is 7.89. The van der Waals surface area contributed by atoms with E-state index in [0.29, 0.717) is 23.6 Å². The minimum Gasteiger partial charge on any atom is -0.486 e. The number of benzene rings is 4. The van der Waals surface area contributed by atoms with Crippen molar-refractivity contribution < 1.29 is 9.53 Å². The van der Waals surface area contributed by atoms with Crippen LogP contribution in [-0.4, -0.2) is 5.91 Å². The highest BCUT2D eigenvalue weighted by Gasteiger charge is 2.14. The smallest absolute Gasteiger partial charge is 0.266 e. The second-order valence-electron chi connectivity index (χ2n) is 8.23. The number of nitrogens with one attached hydrogen (secondary N) is 1. The van der Waals surface area contributed by atoms with Gasteiger partial charge >= 0.3 is 0 Å². The van der Waals surface area contributed by atoms with Crippen LogP contribution in [0.25, 0.3) is 16.8 Å². The van der Waals surface area contributed by atoms with Gasteiger partial charge < -0.3 is 10.1 Å². The summed E-state index contributed by atoms with van der Waals surface area (Å²) in [4.78, 5) is 12.7. The zero-order valence-corrected chi connectivity index (χ0v) is 20.7. The first kappa shape index (κ1) is 24.3. The molecule has 174 valence electrons. The lowest BCUT2D eigenvalue weighted by Gasteiger charge is -2.12. The summed E-state index contributed by atoms with van der Waals surface area (Å²) in [7, 11) is 0. The third-order valence-electron chi connectivity index (χ3n) is 5.54. The Balaban J connectivity index is 1.51. The lowest BCUT2D eigenvalue weighted by molar-refractivity contribution is -0.112. The molecule has 1 N–H and O–H groups in total. The van der Waals surface area contributed by atoms with Crippen molar-refractivity contribution in [2.75, 3.05) is 5.32 Å². The minimum absolute atomic E-state index is 0.0668. The van der Waals surface area contributed by atoms with Crippen LogP contribution in [0, 0.1) is 25.2 Å². The van der Waals surface area contributed by atoms with E-state index in [4.69, 9.17) is 27.9 Å². The molecular formula is C29H22Cl2N2O2. The quantitative estimate of drug-likeness (QED) is 0.216. The van der Waals surface area contributed by atoms with E-state index in [2.05, 4.69) is 17.4 Å². The Hall–Kier alpha value is -3.78. The molecule has 0 aliphatic heterocycles. The van der Waals surface area contributed by atoms with Crippen molar-refractivity contribution in [2.24, 2.45) is 0 Å². The number of ether oxygens (including phenoxy) is 1. The fraction of sp³-hybridized carbons (Fsp3) is 0.103. The van der Waals surface area contributed by atoms with E-state index in [1.54, 1.807) is 12.1 Å². The van der Waals surface area contributed by atoms with Crippen LogP contribution in [0.4, 0.5) is 5.69 Å². The van der Waals surface area contributed by atoms with Crippen LogP contribution < -0.4 is 10.1 Å². The van der Waals surface area contributed by atoms with Crippen LogP contribution in [-0.2, 0) is 11.4 Å². The van der Waals surface area contributed by atoms with E-state index in [1.807, 2.05) is 68.4 Å². The van der Waals surface area contributed by atoms with Crippen molar-refractivity contribution in [2.45, 2.75) is 20.5 Å². The van der Waals surface area contributed by atoms with Crippen LogP contribution in [0.3, 0.4) is 0 Å². The summed E-state index contributed by atoms with van der Waals surface area (Å²) < 4.78 is 5.91. The summed E-state index contributed by atoms with van der Waals surface area (Å²) in [5, 5.41) is 15.2. The van der Waals surface area contributed by atoms with Crippen molar-refractivity contribution in [1.82, 2.24) is 0 Å². The van der Waals surface area contributed by atoms with Gasteiger partial charge in [-0.05, 0) is 77.2 Å². The number of fused-ring (bicyclic) bond motifs is 1. The molecule has 4 aromatic carbocycles. The lowest BCUT2D eigenvalue weighted by atomic mass is 10.1. The number of amides is 1. The summed E-state index contributed by atoms with van der Waals surface area (Å²) >= 11 is 12.9. The topological polar surface area (TPSA) is 62.1 Å². The molecule has 35 heavy (non-hydrogen) atoms. The van der Waals surface area contributed by atoms with Gasteiger partial charge in [-0.25, -0.2) is 0 Å². The highest BCUT2D eigenvalue weighted by molar-refractivity contribution is 6.37. The Labute approximate surface area is 214 Å².